The van der Waals surface area contributed by atoms with Crippen molar-refractivity contribution in [3.8, 4) is 12.3 Å². The molecule has 2 N–H and O–H groups in total. The molecule has 0 aromatic rings. The van der Waals surface area contributed by atoms with Crippen molar-refractivity contribution in [1.29, 1.82) is 0 Å². The zero-order chi connectivity index (χ0) is 13.8. The molecule has 1 saturated heterocycles. The van der Waals surface area contributed by atoms with Crippen LogP contribution in [0.1, 0.15) is 33.1 Å². The van der Waals surface area contributed by atoms with Crippen LogP contribution < -0.4 is 5.32 Å². The lowest BCUT2D eigenvalue weighted by Gasteiger charge is -2.22. The summed E-state index contributed by atoms with van der Waals surface area (Å²) in [7, 11) is 0. The fourth-order valence-electron chi connectivity index (χ4n) is 2.04. The van der Waals surface area contributed by atoms with Gasteiger partial charge in [0.1, 0.15) is 0 Å². The Morgan fingerprint density at radius 1 is 1.61 bits per heavy atom. The zero-order valence-corrected chi connectivity index (χ0v) is 10.9. The minimum absolute atomic E-state index is 0.234. The second-order valence-corrected chi connectivity index (χ2v) is 4.99. The first-order valence-corrected chi connectivity index (χ1v) is 6.18. The number of carboxylic acids is 1. The first-order valence-electron chi connectivity index (χ1n) is 6.18. The number of aliphatic carboxylic acids is 1. The Hall–Kier alpha value is -1.70. The molecule has 2 atom stereocenters. The van der Waals surface area contributed by atoms with E-state index in [-0.39, 0.29) is 18.6 Å². The van der Waals surface area contributed by atoms with Crippen molar-refractivity contribution in [2.75, 3.05) is 13.1 Å². The van der Waals surface area contributed by atoms with Crippen molar-refractivity contribution in [3.05, 3.63) is 0 Å². The molecule has 0 aromatic heterocycles. The van der Waals surface area contributed by atoms with Crippen molar-refractivity contribution in [3.63, 3.8) is 0 Å². The Bertz CT molecular complexity index is 375. The fraction of sp³-hybridized carbons (Fsp3) is 0.692. The van der Waals surface area contributed by atoms with Gasteiger partial charge in [-0.2, -0.15) is 0 Å². The molecule has 18 heavy (non-hydrogen) atoms. The van der Waals surface area contributed by atoms with Gasteiger partial charge in [-0.1, -0.05) is 19.3 Å². The number of hydrogen-bond acceptors (Lipinski definition) is 2. The highest BCUT2D eigenvalue weighted by Crippen LogP contribution is 2.29. The van der Waals surface area contributed by atoms with E-state index in [9.17, 15) is 9.59 Å². The second-order valence-electron chi connectivity index (χ2n) is 4.99. The molecule has 0 radical (unpaired) electrons. The maximum atomic E-state index is 11.9. The first kappa shape index (κ1) is 14.4. The van der Waals surface area contributed by atoms with Gasteiger partial charge in [0.25, 0.3) is 0 Å². The molecule has 0 spiro atoms. The number of carbonyl (C=O) groups is 2. The van der Waals surface area contributed by atoms with Crippen molar-refractivity contribution in [2.45, 2.75) is 39.2 Å². The van der Waals surface area contributed by atoms with E-state index >= 15 is 0 Å². The average Bonchev–Trinajstić information content (AvgIpc) is 2.73. The fourth-order valence-corrected chi connectivity index (χ4v) is 2.04. The summed E-state index contributed by atoms with van der Waals surface area (Å²) in [5, 5.41) is 11.8. The van der Waals surface area contributed by atoms with Crippen molar-refractivity contribution in [1.82, 2.24) is 10.2 Å². The van der Waals surface area contributed by atoms with Crippen LogP contribution in [0.4, 0.5) is 4.79 Å². The van der Waals surface area contributed by atoms with E-state index in [1.165, 1.54) is 4.90 Å². The molecule has 2 unspecified atom stereocenters. The largest absolute Gasteiger partial charge is 0.481 e. The van der Waals surface area contributed by atoms with Crippen LogP contribution in [0.5, 0.6) is 0 Å². The van der Waals surface area contributed by atoms with Gasteiger partial charge in [-0.25, -0.2) is 4.79 Å². The van der Waals surface area contributed by atoms with Crippen molar-refractivity contribution < 1.29 is 14.7 Å². The van der Waals surface area contributed by atoms with Gasteiger partial charge in [-0.3, -0.25) is 4.79 Å². The summed E-state index contributed by atoms with van der Waals surface area (Å²) in [6.07, 6.45) is 7.43. The zero-order valence-electron chi connectivity index (χ0n) is 10.9. The minimum Gasteiger partial charge on any atom is -0.481 e. The molecule has 1 aliphatic heterocycles. The van der Waals surface area contributed by atoms with Crippen LogP contribution >= 0.6 is 0 Å². The number of carboxylic acid groups (broad SMARTS) is 1. The van der Waals surface area contributed by atoms with E-state index in [1.807, 2.05) is 6.92 Å². The van der Waals surface area contributed by atoms with E-state index < -0.39 is 11.4 Å². The SMILES string of the molecule is C#CC(CCC)NC(=O)N1CCC(C)(C(=O)O)C1. The molecule has 0 aromatic carbocycles. The molecule has 5 heteroatoms. The van der Waals surface area contributed by atoms with Gasteiger partial charge in [0.05, 0.1) is 11.5 Å². The predicted molar refractivity (Wildman–Crippen MR) is 68.0 cm³/mol. The molecule has 1 rings (SSSR count). The van der Waals surface area contributed by atoms with Crippen LogP contribution in [0.2, 0.25) is 0 Å². The van der Waals surface area contributed by atoms with E-state index in [0.29, 0.717) is 13.0 Å². The summed E-state index contributed by atoms with van der Waals surface area (Å²) in [4.78, 5) is 24.5. The molecule has 2 amide bonds. The minimum atomic E-state index is -0.861. The van der Waals surface area contributed by atoms with Crippen LogP contribution in [-0.2, 0) is 4.79 Å². The summed E-state index contributed by atoms with van der Waals surface area (Å²) in [6, 6.07) is -0.546. The maximum Gasteiger partial charge on any atom is 0.318 e. The number of urea groups is 1. The van der Waals surface area contributed by atoms with E-state index in [4.69, 9.17) is 11.5 Å². The number of nitrogens with one attached hydrogen (secondary N) is 1. The molecule has 1 aliphatic rings. The summed E-state index contributed by atoms with van der Waals surface area (Å²) in [5.41, 5.74) is -0.840. The molecule has 1 fully saturated rings. The second kappa shape index (κ2) is 5.76. The van der Waals surface area contributed by atoms with Crippen molar-refractivity contribution >= 4 is 12.0 Å². The number of amides is 2. The van der Waals surface area contributed by atoms with E-state index in [0.717, 1.165) is 12.8 Å². The van der Waals surface area contributed by atoms with Crippen LogP contribution in [0.15, 0.2) is 0 Å². The first-order chi connectivity index (χ1) is 8.42. The highest BCUT2D eigenvalue weighted by Gasteiger charge is 2.42. The molecular weight excluding hydrogens is 232 g/mol. The number of terminal acetylenes is 1. The van der Waals surface area contributed by atoms with Gasteiger partial charge in [0.2, 0.25) is 0 Å². The van der Waals surface area contributed by atoms with Crippen LogP contribution in [-0.4, -0.2) is 41.1 Å². The highest BCUT2D eigenvalue weighted by atomic mass is 16.4. The monoisotopic (exact) mass is 252 g/mol. The third-order valence-corrected chi connectivity index (χ3v) is 3.35. The van der Waals surface area contributed by atoms with Crippen LogP contribution in [0.25, 0.3) is 0 Å². The third kappa shape index (κ3) is 3.16. The normalized spacial score (nSPS) is 24.4. The lowest BCUT2D eigenvalue weighted by Crippen LogP contribution is -2.44. The Morgan fingerprint density at radius 2 is 2.28 bits per heavy atom. The smallest absolute Gasteiger partial charge is 0.318 e. The summed E-state index contributed by atoms with van der Waals surface area (Å²) in [5.74, 6) is 1.66. The summed E-state index contributed by atoms with van der Waals surface area (Å²) >= 11 is 0. The molecule has 1 heterocycles. The van der Waals surface area contributed by atoms with Gasteiger partial charge >= 0.3 is 12.0 Å². The Morgan fingerprint density at radius 3 is 2.72 bits per heavy atom. The van der Waals surface area contributed by atoms with Gasteiger partial charge in [-0.15, -0.1) is 6.42 Å². The number of hydrogen-bond donors (Lipinski definition) is 2. The number of carbonyl (C=O) groups excluding carboxylic acids is 1. The molecule has 0 saturated carbocycles. The van der Waals surface area contributed by atoms with Gasteiger partial charge in [-0.05, 0) is 19.8 Å². The Balaban J connectivity index is 2.55. The highest BCUT2D eigenvalue weighted by molar-refractivity contribution is 5.79. The third-order valence-electron chi connectivity index (χ3n) is 3.35. The van der Waals surface area contributed by atoms with E-state index in [1.54, 1.807) is 6.92 Å². The standard InChI is InChI=1S/C13H20N2O3/c1-4-6-10(5-2)14-12(18)15-8-7-13(3,9-15)11(16)17/h2,10H,4,6-9H2,1,3H3,(H,14,18)(H,16,17). The van der Waals surface area contributed by atoms with Gasteiger partial charge in [0.15, 0.2) is 0 Å². The number of nitrogens with zero attached hydrogens (tertiary/aromatic N) is 1. The topological polar surface area (TPSA) is 69.6 Å². The van der Waals surface area contributed by atoms with E-state index in [2.05, 4.69) is 11.2 Å². The lowest BCUT2D eigenvalue weighted by atomic mass is 9.90. The van der Waals surface area contributed by atoms with Gasteiger partial charge < -0.3 is 15.3 Å². The lowest BCUT2D eigenvalue weighted by molar-refractivity contribution is -0.146. The van der Waals surface area contributed by atoms with Crippen LogP contribution in [0, 0.1) is 17.8 Å². The molecule has 5 nitrogen and oxygen atoms in total. The van der Waals surface area contributed by atoms with Gasteiger partial charge in [0, 0.05) is 13.1 Å². The average molecular weight is 252 g/mol. The molecule has 100 valence electrons. The quantitative estimate of drug-likeness (QED) is 0.741. The predicted octanol–water partition coefficient (Wildman–Crippen LogP) is 1.29. The summed E-state index contributed by atoms with van der Waals surface area (Å²) in [6.45, 7) is 4.34. The molecular formula is C13H20N2O3. The number of rotatable bonds is 4. The summed E-state index contributed by atoms with van der Waals surface area (Å²) < 4.78 is 0. The van der Waals surface area contributed by atoms with Crippen LogP contribution in [0.3, 0.4) is 0 Å². The number of likely N-dealkylation sites (tertiary alicyclic amines) is 1. The Kier molecular flexibility index (Phi) is 4.60. The Labute approximate surface area is 108 Å². The maximum absolute atomic E-state index is 11.9. The molecule has 0 aliphatic carbocycles. The molecule has 0 bridgehead atoms. The van der Waals surface area contributed by atoms with Crippen molar-refractivity contribution in [2.24, 2.45) is 5.41 Å².